The number of nitrogens with zero attached hydrogens (tertiary/aromatic N) is 2. The van der Waals surface area contributed by atoms with Crippen molar-refractivity contribution in [2.75, 3.05) is 12.8 Å². The quantitative estimate of drug-likeness (QED) is 0.222. The Labute approximate surface area is 257 Å². The van der Waals surface area contributed by atoms with Crippen LogP contribution in [0.4, 0.5) is 4.39 Å². The highest BCUT2D eigenvalue weighted by Crippen LogP contribution is 2.18. The molecule has 7 nitrogen and oxygen atoms in total. The van der Waals surface area contributed by atoms with Crippen LogP contribution in [0.2, 0.25) is 5.02 Å². The Bertz CT molecular complexity index is 1600. The fourth-order valence-corrected chi connectivity index (χ4v) is 5.42. The van der Waals surface area contributed by atoms with E-state index in [0.717, 1.165) is 21.7 Å². The molecule has 1 unspecified atom stereocenters. The average Bonchev–Trinajstić information content (AvgIpc) is 2.99. The molecule has 0 aliphatic heterocycles. The van der Waals surface area contributed by atoms with E-state index in [0.29, 0.717) is 16.1 Å². The zero-order valence-corrected chi connectivity index (χ0v) is 25.3. The van der Waals surface area contributed by atoms with Crippen LogP contribution in [-0.4, -0.2) is 48.3 Å². The van der Waals surface area contributed by atoms with Gasteiger partial charge in [0.25, 0.3) is 0 Å². The number of sulfonamides is 1. The van der Waals surface area contributed by atoms with Crippen LogP contribution >= 0.6 is 11.6 Å². The topological polar surface area (TPSA) is 86.8 Å². The Balaban J connectivity index is 1.67. The lowest BCUT2D eigenvalue weighted by Crippen LogP contribution is -2.53. The minimum atomic E-state index is -3.80. The second-order valence-corrected chi connectivity index (χ2v) is 12.6. The Hall–Kier alpha value is -4.05. The molecule has 1 atom stereocenters. The van der Waals surface area contributed by atoms with Crippen LogP contribution in [0.3, 0.4) is 0 Å². The molecule has 1 N–H and O–H groups in total. The predicted molar refractivity (Wildman–Crippen MR) is 166 cm³/mol. The van der Waals surface area contributed by atoms with E-state index in [2.05, 4.69) is 5.32 Å². The summed E-state index contributed by atoms with van der Waals surface area (Å²) in [5.74, 6) is -1.41. The number of carbonyl (C=O) groups is 2. The fourth-order valence-electron chi connectivity index (χ4n) is 4.57. The minimum absolute atomic E-state index is 0.0120. The van der Waals surface area contributed by atoms with Crippen molar-refractivity contribution in [3.63, 3.8) is 0 Å². The maximum Gasteiger partial charge on any atom is 0.243 e. The van der Waals surface area contributed by atoms with Crippen molar-refractivity contribution in [1.29, 1.82) is 0 Å². The number of hydrogen-bond acceptors (Lipinski definition) is 4. The van der Waals surface area contributed by atoms with Crippen LogP contribution in [0.15, 0.2) is 109 Å². The van der Waals surface area contributed by atoms with Gasteiger partial charge in [0.2, 0.25) is 21.8 Å². The molecule has 0 radical (unpaired) electrons. The average molecular weight is 622 g/mol. The van der Waals surface area contributed by atoms with Crippen LogP contribution in [0.1, 0.15) is 22.3 Å². The highest BCUT2D eigenvalue weighted by molar-refractivity contribution is 7.88. The molecule has 0 spiro atoms. The van der Waals surface area contributed by atoms with E-state index in [1.807, 2.05) is 36.4 Å². The van der Waals surface area contributed by atoms with Gasteiger partial charge in [0.15, 0.2) is 0 Å². The summed E-state index contributed by atoms with van der Waals surface area (Å²) < 4.78 is 40.4. The monoisotopic (exact) mass is 621 g/mol. The number of nitrogens with one attached hydrogen (secondary N) is 1. The molecule has 10 heteroatoms. The molecule has 2 amide bonds. The lowest BCUT2D eigenvalue weighted by atomic mass is 10.0. The van der Waals surface area contributed by atoms with Gasteiger partial charge in [-0.2, -0.15) is 4.31 Å². The second-order valence-electron chi connectivity index (χ2n) is 10.2. The van der Waals surface area contributed by atoms with E-state index in [4.69, 9.17) is 11.6 Å². The number of carbonyl (C=O) groups excluding carboxylic acids is 2. The summed E-state index contributed by atoms with van der Waals surface area (Å²) in [5, 5.41) is 3.49. The summed E-state index contributed by atoms with van der Waals surface area (Å²) in [5.41, 5.74) is 2.94. The molecule has 0 heterocycles. The highest BCUT2D eigenvalue weighted by atomic mass is 35.5. The number of rotatable bonds is 13. The summed E-state index contributed by atoms with van der Waals surface area (Å²) in [7, 11) is -3.80. The summed E-state index contributed by atoms with van der Waals surface area (Å²) in [6.45, 7) is -0.330. The van der Waals surface area contributed by atoms with Gasteiger partial charge in [-0.3, -0.25) is 9.59 Å². The van der Waals surface area contributed by atoms with Crippen LogP contribution in [-0.2, 0) is 45.7 Å². The van der Waals surface area contributed by atoms with Crippen molar-refractivity contribution in [1.82, 2.24) is 14.5 Å². The molecule has 224 valence electrons. The van der Waals surface area contributed by atoms with Gasteiger partial charge in [-0.1, -0.05) is 96.5 Å². The van der Waals surface area contributed by atoms with E-state index < -0.39 is 40.2 Å². The molecular weight excluding hydrogens is 589 g/mol. The molecule has 43 heavy (non-hydrogen) atoms. The van der Waals surface area contributed by atoms with Crippen molar-refractivity contribution in [2.45, 2.75) is 32.1 Å². The van der Waals surface area contributed by atoms with Crippen molar-refractivity contribution in [3.05, 3.63) is 142 Å². The third kappa shape index (κ3) is 9.74. The Morgan fingerprint density at radius 3 is 1.88 bits per heavy atom. The number of halogens is 2. The number of benzene rings is 4. The first-order chi connectivity index (χ1) is 20.6. The third-order valence-corrected chi connectivity index (χ3v) is 8.35. The summed E-state index contributed by atoms with van der Waals surface area (Å²) >= 11 is 6.00. The van der Waals surface area contributed by atoms with Crippen LogP contribution in [0.25, 0.3) is 0 Å². The van der Waals surface area contributed by atoms with E-state index in [-0.39, 0.29) is 26.1 Å². The lowest BCUT2D eigenvalue weighted by molar-refractivity contribution is -0.141. The van der Waals surface area contributed by atoms with Gasteiger partial charge < -0.3 is 10.2 Å². The number of amides is 2. The SMILES string of the molecule is CS(=O)(=O)N(CC(=O)N(Cc1ccc(F)cc1)C(Cc1ccccc1)C(=O)NCc1ccc(Cl)cc1)Cc1ccccc1. The zero-order valence-electron chi connectivity index (χ0n) is 23.7. The van der Waals surface area contributed by atoms with Gasteiger partial charge in [0.05, 0.1) is 12.8 Å². The minimum Gasteiger partial charge on any atom is -0.350 e. The van der Waals surface area contributed by atoms with E-state index >= 15 is 0 Å². The van der Waals surface area contributed by atoms with Gasteiger partial charge in [0.1, 0.15) is 11.9 Å². The molecule has 4 rings (SSSR count). The van der Waals surface area contributed by atoms with Gasteiger partial charge in [-0.15, -0.1) is 0 Å². The van der Waals surface area contributed by atoms with Gasteiger partial charge in [-0.25, -0.2) is 12.8 Å². The molecule has 0 saturated heterocycles. The molecule has 0 bridgehead atoms. The second kappa shape index (κ2) is 14.9. The molecule has 0 aliphatic rings. The van der Waals surface area contributed by atoms with Crippen LogP contribution < -0.4 is 5.32 Å². The first-order valence-corrected chi connectivity index (χ1v) is 15.9. The maximum absolute atomic E-state index is 14.1. The largest absolute Gasteiger partial charge is 0.350 e. The van der Waals surface area contributed by atoms with Crippen LogP contribution in [0.5, 0.6) is 0 Å². The standard InChI is InChI=1S/C33H33ClFN3O4S/c1-43(41,42)37(22-27-10-6-3-7-11-27)24-32(39)38(23-28-14-18-30(35)19-15-28)31(20-25-8-4-2-5-9-25)33(40)36-21-26-12-16-29(34)17-13-26/h2-19,31H,20-24H2,1H3,(H,36,40). The summed E-state index contributed by atoms with van der Waals surface area (Å²) in [4.78, 5) is 29.3. The zero-order chi connectivity index (χ0) is 30.8. The molecule has 4 aromatic carbocycles. The highest BCUT2D eigenvalue weighted by Gasteiger charge is 2.33. The van der Waals surface area contributed by atoms with Crippen molar-refractivity contribution in [2.24, 2.45) is 0 Å². The van der Waals surface area contributed by atoms with Crippen molar-refractivity contribution < 1.29 is 22.4 Å². The summed E-state index contributed by atoms with van der Waals surface area (Å²) in [6, 6.07) is 29.9. The Kier molecular flexibility index (Phi) is 11.1. The first kappa shape index (κ1) is 31.9. The van der Waals surface area contributed by atoms with E-state index in [1.54, 1.807) is 60.7 Å². The normalized spacial score (nSPS) is 12.1. The van der Waals surface area contributed by atoms with E-state index in [1.165, 1.54) is 17.0 Å². The molecular formula is C33H33ClFN3O4S. The third-order valence-electron chi connectivity index (χ3n) is 6.90. The first-order valence-electron chi connectivity index (χ1n) is 13.7. The molecule has 0 aliphatic carbocycles. The maximum atomic E-state index is 14.1. The van der Waals surface area contributed by atoms with Gasteiger partial charge >= 0.3 is 0 Å². The van der Waals surface area contributed by atoms with Crippen molar-refractivity contribution >= 4 is 33.4 Å². The predicted octanol–water partition coefficient (Wildman–Crippen LogP) is 5.20. The Morgan fingerprint density at radius 2 is 1.30 bits per heavy atom. The molecule has 0 saturated carbocycles. The van der Waals surface area contributed by atoms with Gasteiger partial charge in [-0.05, 0) is 46.5 Å². The van der Waals surface area contributed by atoms with E-state index in [9.17, 15) is 22.4 Å². The Morgan fingerprint density at radius 1 is 0.767 bits per heavy atom. The van der Waals surface area contributed by atoms with Crippen LogP contribution in [0, 0.1) is 5.82 Å². The fraction of sp³-hybridized carbons (Fsp3) is 0.212. The smallest absolute Gasteiger partial charge is 0.243 e. The molecule has 4 aromatic rings. The summed E-state index contributed by atoms with van der Waals surface area (Å²) in [6.07, 6.45) is 1.23. The van der Waals surface area contributed by atoms with Gasteiger partial charge in [0, 0.05) is 31.1 Å². The lowest BCUT2D eigenvalue weighted by Gasteiger charge is -2.33. The number of hydrogen-bond donors (Lipinski definition) is 1. The van der Waals surface area contributed by atoms with Crippen molar-refractivity contribution in [3.8, 4) is 0 Å². The molecule has 0 fully saturated rings. The molecule has 0 aromatic heterocycles.